The molecule has 5 nitrogen and oxygen atoms in total. The Bertz CT molecular complexity index is 2810. The van der Waals surface area contributed by atoms with E-state index in [1.165, 1.54) is 0 Å². The van der Waals surface area contributed by atoms with Crippen LogP contribution in [0.25, 0.3) is 100 Å². The van der Waals surface area contributed by atoms with Crippen molar-refractivity contribution in [2.75, 3.05) is 0 Å². The molecule has 0 atom stereocenters. The third-order valence-corrected chi connectivity index (χ3v) is 9.35. The molecular weight excluding hydrogens is 615 g/mol. The van der Waals surface area contributed by atoms with Gasteiger partial charge in [-0.25, -0.2) is 15.0 Å². The molecule has 0 spiro atoms. The highest BCUT2D eigenvalue weighted by Crippen LogP contribution is 2.42. The molecule has 3 heterocycles. The second-order valence-electron chi connectivity index (χ2n) is 12.4. The number of fused-ring (bicyclic) bond motifs is 6. The van der Waals surface area contributed by atoms with E-state index in [-0.39, 0.29) is 0 Å². The normalized spacial score (nSPS) is 11.6. The van der Waals surface area contributed by atoms with Crippen LogP contribution in [0.5, 0.6) is 0 Å². The van der Waals surface area contributed by atoms with E-state index in [4.69, 9.17) is 23.8 Å². The predicted molar refractivity (Wildman–Crippen MR) is 202 cm³/mol. The van der Waals surface area contributed by atoms with E-state index in [0.29, 0.717) is 17.5 Å². The second-order valence-corrected chi connectivity index (χ2v) is 12.4. The van der Waals surface area contributed by atoms with Crippen LogP contribution in [0.3, 0.4) is 0 Å². The van der Waals surface area contributed by atoms with Crippen molar-refractivity contribution in [2.45, 2.75) is 0 Å². The number of hydrogen-bond acceptors (Lipinski definition) is 5. The molecule has 0 amide bonds. The van der Waals surface area contributed by atoms with E-state index < -0.39 is 0 Å². The molecule has 0 saturated carbocycles. The monoisotopic (exact) mass is 641 g/mol. The first-order valence-corrected chi connectivity index (χ1v) is 16.6. The molecule has 10 aromatic rings. The van der Waals surface area contributed by atoms with Crippen molar-refractivity contribution in [3.63, 3.8) is 0 Å². The summed E-state index contributed by atoms with van der Waals surface area (Å²) in [7, 11) is 0. The maximum Gasteiger partial charge on any atom is 0.164 e. The number of benzene rings is 7. The zero-order valence-corrected chi connectivity index (χ0v) is 26.7. The molecule has 234 valence electrons. The Balaban J connectivity index is 1.09. The number of rotatable bonds is 5. The van der Waals surface area contributed by atoms with Crippen molar-refractivity contribution in [3.05, 3.63) is 164 Å². The van der Waals surface area contributed by atoms with Crippen LogP contribution in [0.2, 0.25) is 0 Å². The van der Waals surface area contributed by atoms with E-state index in [1.54, 1.807) is 0 Å². The summed E-state index contributed by atoms with van der Waals surface area (Å²) in [5.41, 5.74) is 10.4. The number of para-hydroxylation sites is 2. The maximum atomic E-state index is 6.72. The Morgan fingerprint density at radius 1 is 0.320 bits per heavy atom. The summed E-state index contributed by atoms with van der Waals surface area (Å²) >= 11 is 0. The van der Waals surface area contributed by atoms with Crippen molar-refractivity contribution < 1.29 is 8.83 Å². The molecule has 0 radical (unpaired) electrons. The van der Waals surface area contributed by atoms with Gasteiger partial charge in [0.05, 0.1) is 0 Å². The molecule has 0 saturated heterocycles. The zero-order chi connectivity index (χ0) is 33.0. The number of aromatic nitrogens is 3. The van der Waals surface area contributed by atoms with Crippen molar-refractivity contribution >= 4 is 43.9 Å². The Labute approximate surface area is 287 Å². The molecular formula is C45H27N3O2. The highest BCUT2D eigenvalue weighted by Gasteiger charge is 2.18. The first-order valence-electron chi connectivity index (χ1n) is 16.6. The van der Waals surface area contributed by atoms with Crippen LogP contribution in [-0.2, 0) is 0 Å². The smallest absolute Gasteiger partial charge is 0.164 e. The Morgan fingerprint density at radius 2 is 0.880 bits per heavy atom. The van der Waals surface area contributed by atoms with Crippen LogP contribution in [0.1, 0.15) is 0 Å². The van der Waals surface area contributed by atoms with Gasteiger partial charge in [0.2, 0.25) is 0 Å². The lowest BCUT2D eigenvalue weighted by Crippen LogP contribution is -2.00. The highest BCUT2D eigenvalue weighted by atomic mass is 16.3. The van der Waals surface area contributed by atoms with Crippen LogP contribution in [-0.4, -0.2) is 15.0 Å². The summed E-state index contributed by atoms with van der Waals surface area (Å²) in [6, 6.07) is 55.7. The number of furan rings is 2. The van der Waals surface area contributed by atoms with Gasteiger partial charge in [0.15, 0.2) is 17.5 Å². The van der Waals surface area contributed by atoms with Gasteiger partial charge in [-0.3, -0.25) is 0 Å². The fraction of sp³-hybridized carbons (Fsp3) is 0. The lowest BCUT2D eigenvalue weighted by Gasteiger charge is -2.09. The minimum Gasteiger partial charge on any atom is -0.456 e. The Morgan fingerprint density at radius 3 is 1.66 bits per heavy atom. The summed E-state index contributed by atoms with van der Waals surface area (Å²) < 4.78 is 12.9. The minimum atomic E-state index is 0.620. The molecule has 5 heteroatoms. The van der Waals surface area contributed by atoms with Gasteiger partial charge in [0, 0.05) is 43.8 Å². The van der Waals surface area contributed by atoms with E-state index >= 15 is 0 Å². The lowest BCUT2D eigenvalue weighted by atomic mass is 9.97. The van der Waals surface area contributed by atoms with Crippen LogP contribution in [0.15, 0.2) is 173 Å². The van der Waals surface area contributed by atoms with Crippen molar-refractivity contribution in [2.24, 2.45) is 0 Å². The van der Waals surface area contributed by atoms with E-state index in [2.05, 4.69) is 78.9 Å². The largest absolute Gasteiger partial charge is 0.456 e. The molecule has 0 aliphatic carbocycles. The molecule has 0 bridgehead atoms. The van der Waals surface area contributed by atoms with E-state index in [9.17, 15) is 0 Å². The summed E-state index contributed by atoms with van der Waals surface area (Å²) in [5.74, 6) is 1.90. The Hall–Kier alpha value is -6.85. The van der Waals surface area contributed by atoms with Crippen LogP contribution in [0.4, 0.5) is 0 Å². The summed E-state index contributed by atoms with van der Waals surface area (Å²) in [6.45, 7) is 0. The highest BCUT2D eigenvalue weighted by molar-refractivity contribution is 6.17. The first kappa shape index (κ1) is 28.2. The zero-order valence-electron chi connectivity index (χ0n) is 26.7. The standard InChI is InChI=1S/C45H27N3O2/c1-3-12-28(13-4-1)43-46-44(29-14-5-2-6-15-29)48-45(47-43)32-17-9-16-30(26-32)31-24-25-33-35-20-10-21-36(42(35)50-40(33)27-31)34-19-11-23-39-41(34)37-18-7-8-22-38(37)49-39/h1-27H. The van der Waals surface area contributed by atoms with E-state index in [0.717, 1.165) is 82.8 Å². The molecule has 50 heavy (non-hydrogen) atoms. The molecule has 0 aliphatic rings. The summed E-state index contributed by atoms with van der Waals surface area (Å²) in [5, 5.41) is 4.34. The third-order valence-electron chi connectivity index (χ3n) is 9.35. The van der Waals surface area contributed by atoms with Gasteiger partial charge < -0.3 is 8.83 Å². The van der Waals surface area contributed by atoms with Gasteiger partial charge in [-0.15, -0.1) is 0 Å². The van der Waals surface area contributed by atoms with E-state index in [1.807, 2.05) is 84.9 Å². The predicted octanol–water partition coefficient (Wildman–Crippen LogP) is 12.0. The maximum absolute atomic E-state index is 6.72. The van der Waals surface area contributed by atoms with Gasteiger partial charge in [-0.05, 0) is 47.0 Å². The van der Waals surface area contributed by atoms with Crippen molar-refractivity contribution in [1.29, 1.82) is 0 Å². The Kier molecular flexibility index (Phi) is 6.42. The van der Waals surface area contributed by atoms with Crippen LogP contribution < -0.4 is 0 Å². The molecule has 0 unspecified atom stereocenters. The first-order chi connectivity index (χ1) is 24.8. The number of hydrogen-bond donors (Lipinski definition) is 0. The topological polar surface area (TPSA) is 65.0 Å². The van der Waals surface area contributed by atoms with Gasteiger partial charge >= 0.3 is 0 Å². The molecule has 0 N–H and O–H groups in total. The summed E-state index contributed by atoms with van der Waals surface area (Å²) in [6.07, 6.45) is 0. The fourth-order valence-corrected chi connectivity index (χ4v) is 6.96. The van der Waals surface area contributed by atoms with Crippen molar-refractivity contribution in [1.82, 2.24) is 15.0 Å². The van der Waals surface area contributed by atoms with Crippen LogP contribution >= 0.6 is 0 Å². The van der Waals surface area contributed by atoms with Crippen molar-refractivity contribution in [3.8, 4) is 56.4 Å². The van der Waals surface area contributed by atoms with Crippen LogP contribution in [0, 0.1) is 0 Å². The third kappa shape index (κ3) is 4.67. The molecule has 0 fully saturated rings. The van der Waals surface area contributed by atoms with Gasteiger partial charge in [0.1, 0.15) is 22.3 Å². The molecule has 3 aromatic heterocycles. The molecule has 10 rings (SSSR count). The lowest BCUT2D eigenvalue weighted by molar-refractivity contribution is 0.668. The SMILES string of the molecule is c1ccc(-c2nc(-c3ccccc3)nc(-c3cccc(-c4ccc5c(c4)oc4c(-c6cccc7oc8ccccc8c67)cccc45)c3)n2)cc1. The fourth-order valence-electron chi connectivity index (χ4n) is 6.96. The number of nitrogens with zero attached hydrogens (tertiary/aromatic N) is 3. The average molecular weight is 642 g/mol. The van der Waals surface area contributed by atoms with Gasteiger partial charge in [-0.1, -0.05) is 133 Å². The second kappa shape index (κ2) is 11.4. The molecule has 7 aromatic carbocycles. The minimum absolute atomic E-state index is 0.620. The van der Waals surface area contributed by atoms with Gasteiger partial charge in [0.25, 0.3) is 0 Å². The quantitative estimate of drug-likeness (QED) is 0.187. The summed E-state index contributed by atoms with van der Waals surface area (Å²) in [4.78, 5) is 14.7. The average Bonchev–Trinajstić information content (AvgIpc) is 3.77. The molecule has 0 aliphatic heterocycles. The van der Waals surface area contributed by atoms with Gasteiger partial charge in [-0.2, -0.15) is 0 Å².